The van der Waals surface area contributed by atoms with Gasteiger partial charge in [-0.15, -0.1) is 0 Å². The third kappa shape index (κ3) is 5.14. The number of rotatable bonds is 8. The molecule has 0 heterocycles. The van der Waals surface area contributed by atoms with Gasteiger partial charge in [0.2, 0.25) is 0 Å². The molecule has 0 aliphatic heterocycles. The summed E-state index contributed by atoms with van der Waals surface area (Å²) in [5, 5.41) is 2.99. The molecule has 0 aromatic heterocycles. The average Bonchev–Trinajstić information content (AvgIpc) is 2.38. The number of hydrogen-bond acceptors (Lipinski definition) is 3. The molecule has 1 aromatic rings. The standard InChI is InChI=1S/C12H21N3O2S/c1-13-9-6-10-15(2)18(16,17)14-11-12-7-4-3-5-8-12/h3-5,7-8,13-14H,6,9-11H2,1-2H3. The molecule has 0 saturated heterocycles. The Morgan fingerprint density at radius 3 is 2.50 bits per heavy atom. The highest BCUT2D eigenvalue weighted by Gasteiger charge is 2.16. The Kier molecular flexibility index (Phi) is 6.28. The van der Waals surface area contributed by atoms with Crippen molar-refractivity contribution in [3.8, 4) is 0 Å². The van der Waals surface area contributed by atoms with E-state index in [9.17, 15) is 8.42 Å². The molecule has 0 saturated carbocycles. The van der Waals surface area contributed by atoms with Crippen molar-refractivity contribution in [3.05, 3.63) is 35.9 Å². The minimum Gasteiger partial charge on any atom is -0.320 e. The van der Waals surface area contributed by atoms with E-state index in [0.717, 1.165) is 18.5 Å². The van der Waals surface area contributed by atoms with Crippen LogP contribution in [0, 0.1) is 0 Å². The maximum atomic E-state index is 11.9. The first kappa shape index (κ1) is 15.1. The highest BCUT2D eigenvalue weighted by Crippen LogP contribution is 2.01. The quantitative estimate of drug-likeness (QED) is 0.679. The lowest BCUT2D eigenvalue weighted by atomic mass is 10.2. The number of nitrogens with zero attached hydrogens (tertiary/aromatic N) is 1. The predicted octanol–water partition coefficient (Wildman–Crippen LogP) is 0.562. The van der Waals surface area contributed by atoms with Crippen LogP contribution in [0.15, 0.2) is 30.3 Å². The Balaban J connectivity index is 2.44. The summed E-state index contributed by atoms with van der Waals surface area (Å²) in [5.41, 5.74) is 0.949. The summed E-state index contributed by atoms with van der Waals surface area (Å²) in [4.78, 5) is 0. The van der Waals surface area contributed by atoms with Crippen LogP contribution in [0.25, 0.3) is 0 Å². The Labute approximate surface area is 109 Å². The highest BCUT2D eigenvalue weighted by molar-refractivity contribution is 7.87. The van der Waals surface area contributed by atoms with Crippen molar-refractivity contribution in [3.63, 3.8) is 0 Å². The van der Waals surface area contributed by atoms with Crippen molar-refractivity contribution in [2.24, 2.45) is 0 Å². The molecule has 2 N–H and O–H groups in total. The van der Waals surface area contributed by atoms with Crippen LogP contribution >= 0.6 is 0 Å². The molecule has 1 rings (SSSR count). The fourth-order valence-corrected chi connectivity index (χ4v) is 2.42. The Morgan fingerprint density at radius 2 is 1.89 bits per heavy atom. The summed E-state index contributed by atoms with van der Waals surface area (Å²) in [6.45, 7) is 1.63. The van der Waals surface area contributed by atoms with Crippen molar-refractivity contribution in [1.29, 1.82) is 0 Å². The van der Waals surface area contributed by atoms with Crippen LogP contribution in [-0.4, -0.2) is 39.9 Å². The van der Waals surface area contributed by atoms with Crippen molar-refractivity contribution in [2.45, 2.75) is 13.0 Å². The summed E-state index contributed by atoms with van der Waals surface area (Å²) in [6, 6.07) is 9.47. The van der Waals surface area contributed by atoms with Gasteiger partial charge in [-0.05, 0) is 25.6 Å². The molecular formula is C12H21N3O2S. The smallest absolute Gasteiger partial charge is 0.279 e. The molecule has 0 radical (unpaired) electrons. The van der Waals surface area contributed by atoms with Gasteiger partial charge in [0.25, 0.3) is 10.2 Å². The maximum Gasteiger partial charge on any atom is 0.279 e. The summed E-state index contributed by atoms with van der Waals surface area (Å²) < 4.78 is 27.7. The topological polar surface area (TPSA) is 61.4 Å². The molecule has 0 spiro atoms. The van der Waals surface area contributed by atoms with E-state index in [1.807, 2.05) is 37.4 Å². The number of nitrogens with one attached hydrogen (secondary N) is 2. The zero-order valence-electron chi connectivity index (χ0n) is 10.9. The van der Waals surface area contributed by atoms with E-state index in [1.165, 1.54) is 4.31 Å². The van der Waals surface area contributed by atoms with Gasteiger partial charge in [0.1, 0.15) is 0 Å². The molecule has 1 aromatic carbocycles. The second-order valence-electron chi connectivity index (χ2n) is 4.09. The van der Waals surface area contributed by atoms with Crippen molar-refractivity contribution in [2.75, 3.05) is 27.2 Å². The van der Waals surface area contributed by atoms with Crippen LogP contribution in [0.5, 0.6) is 0 Å². The monoisotopic (exact) mass is 271 g/mol. The molecule has 5 nitrogen and oxygen atoms in total. The first-order valence-corrected chi connectivity index (χ1v) is 7.39. The minimum atomic E-state index is -3.38. The number of hydrogen-bond donors (Lipinski definition) is 2. The lowest BCUT2D eigenvalue weighted by Gasteiger charge is -2.17. The summed E-state index contributed by atoms with van der Waals surface area (Å²) in [7, 11) is 0.0523. The predicted molar refractivity (Wildman–Crippen MR) is 73.4 cm³/mol. The van der Waals surface area contributed by atoms with Gasteiger partial charge in [-0.1, -0.05) is 30.3 Å². The Hall–Kier alpha value is -0.950. The molecule has 102 valence electrons. The molecule has 0 atom stereocenters. The van der Waals surface area contributed by atoms with Gasteiger partial charge in [-0.2, -0.15) is 17.4 Å². The zero-order chi connectivity index (χ0) is 13.4. The minimum absolute atomic E-state index is 0.319. The zero-order valence-corrected chi connectivity index (χ0v) is 11.7. The fraction of sp³-hybridized carbons (Fsp3) is 0.500. The summed E-state index contributed by atoms with van der Waals surface area (Å²) in [5.74, 6) is 0. The first-order chi connectivity index (χ1) is 8.56. The molecule has 0 amide bonds. The lowest BCUT2D eigenvalue weighted by Crippen LogP contribution is -2.38. The van der Waals surface area contributed by atoms with Crippen molar-refractivity contribution in [1.82, 2.24) is 14.3 Å². The fourth-order valence-electron chi connectivity index (χ4n) is 1.48. The second kappa shape index (κ2) is 7.48. The molecule has 18 heavy (non-hydrogen) atoms. The highest BCUT2D eigenvalue weighted by atomic mass is 32.2. The Morgan fingerprint density at radius 1 is 1.22 bits per heavy atom. The van der Waals surface area contributed by atoms with E-state index in [1.54, 1.807) is 7.05 Å². The van der Waals surface area contributed by atoms with E-state index in [0.29, 0.717) is 13.1 Å². The van der Waals surface area contributed by atoms with E-state index < -0.39 is 10.2 Å². The van der Waals surface area contributed by atoms with Crippen LogP contribution in [0.1, 0.15) is 12.0 Å². The van der Waals surface area contributed by atoms with Gasteiger partial charge in [0.05, 0.1) is 0 Å². The molecule has 0 fully saturated rings. The summed E-state index contributed by atoms with van der Waals surface area (Å²) >= 11 is 0. The van der Waals surface area contributed by atoms with Gasteiger partial charge >= 0.3 is 0 Å². The van der Waals surface area contributed by atoms with Crippen molar-refractivity contribution < 1.29 is 8.42 Å². The molecule has 0 unspecified atom stereocenters. The van der Waals surface area contributed by atoms with Crippen LogP contribution in [0.2, 0.25) is 0 Å². The van der Waals surface area contributed by atoms with Crippen LogP contribution < -0.4 is 10.0 Å². The number of benzene rings is 1. The molecule has 0 bridgehead atoms. The van der Waals surface area contributed by atoms with Crippen LogP contribution in [0.3, 0.4) is 0 Å². The first-order valence-electron chi connectivity index (χ1n) is 5.95. The van der Waals surface area contributed by atoms with Crippen molar-refractivity contribution >= 4 is 10.2 Å². The van der Waals surface area contributed by atoms with Gasteiger partial charge in [0.15, 0.2) is 0 Å². The normalized spacial score (nSPS) is 11.9. The summed E-state index contributed by atoms with van der Waals surface area (Å²) in [6.07, 6.45) is 0.791. The Bertz CT molecular complexity index is 434. The lowest BCUT2D eigenvalue weighted by molar-refractivity contribution is 0.447. The van der Waals surface area contributed by atoms with Gasteiger partial charge in [-0.25, -0.2) is 0 Å². The van der Waals surface area contributed by atoms with E-state index in [-0.39, 0.29) is 0 Å². The molecule has 0 aliphatic carbocycles. The largest absolute Gasteiger partial charge is 0.320 e. The molecular weight excluding hydrogens is 250 g/mol. The van der Waals surface area contributed by atoms with Crippen LogP contribution in [-0.2, 0) is 16.8 Å². The van der Waals surface area contributed by atoms with Gasteiger partial charge < -0.3 is 5.32 Å². The van der Waals surface area contributed by atoms with E-state index in [2.05, 4.69) is 10.0 Å². The second-order valence-corrected chi connectivity index (χ2v) is 5.95. The third-order valence-electron chi connectivity index (χ3n) is 2.61. The maximum absolute atomic E-state index is 11.9. The SMILES string of the molecule is CNCCCN(C)S(=O)(=O)NCc1ccccc1. The molecule has 0 aliphatic rings. The van der Waals surface area contributed by atoms with Gasteiger partial charge in [0, 0.05) is 20.1 Å². The third-order valence-corrected chi connectivity index (χ3v) is 4.12. The van der Waals surface area contributed by atoms with E-state index >= 15 is 0 Å². The molecule has 6 heteroatoms. The van der Waals surface area contributed by atoms with Crippen LogP contribution in [0.4, 0.5) is 0 Å². The van der Waals surface area contributed by atoms with E-state index in [4.69, 9.17) is 0 Å². The average molecular weight is 271 g/mol. The van der Waals surface area contributed by atoms with Gasteiger partial charge in [-0.3, -0.25) is 0 Å².